The Morgan fingerprint density at radius 1 is 1.07 bits per heavy atom. The number of hydrogen-bond acceptors (Lipinski definition) is 2. The molecule has 0 unspecified atom stereocenters. The molecule has 0 aromatic heterocycles. The minimum absolute atomic E-state index is 0.0320. The smallest absolute Gasteiger partial charge is 0.0804 e. The van der Waals surface area contributed by atoms with Gasteiger partial charge in [-0.25, -0.2) is 0 Å². The van der Waals surface area contributed by atoms with Crippen LogP contribution in [0.2, 0.25) is 0 Å². The van der Waals surface area contributed by atoms with Gasteiger partial charge in [-0.3, -0.25) is 0 Å². The molecule has 0 saturated heterocycles. The van der Waals surface area contributed by atoms with Crippen LogP contribution in [0.1, 0.15) is 64.7 Å². The molecular formula is C13H27NO. The Kier molecular flexibility index (Phi) is 6.26. The molecule has 2 heteroatoms. The highest BCUT2D eigenvalue weighted by Gasteiger charge is 2.29. The van der Waals surface area contributed by atoms with Crippen LogP contribution in [0.5, 0.6) is 0 Å². The molecule has 0 heterocycles. The fourth-order valence-corrected chi connectivity index (χ4v) is 2.42. The largest absolute Gasteiger partial charge is 0.374 e. The molecule has 90 valence electrons. The van der Waals surface area contributed by atoms with E-state index in [1.54, 1.807) is 0 Å². The predicted molar refractivity (Wildman–Crippen MR) is 65.0 cm³/mol. The van der Waals surface area contributed by atoms with E-state index in [0.29, 0.717) is 6.54 Å². The van der Waals surface area contributed by atoms with Crippen molar-refractivity contribution in [3.8, 4) is 0 Å². The van der Waals surface area contributed by atoms with Crippen LogP contribution in [0.15, 0.2) is 0 Å². The molecule has 0 bridgehead atoms. The summed E-state index contributed by atoms with van der Waals surface area (Å²) in [5.41, 5.74) is 5.93. The molecule has 2 N–H and O–H groups in total. The first-order chi connectivity index (χ1) is 7.33. The molecule has 2 nitrogen and oxygen atoms in total. The van der Waals surface area contributed by atoms with Gasteiger partial charge >= 0.3 is 0 Å². The highest BCUT2D eigenvalue weighted by Crippen LogP contribution is 2.29. The van der Waals surface area contributed by atoms with Crippen molar-refractivity contribution in [2.75, 3.05) is 13.2 Å². The molecule has 1 fully saturated rings. The monoisotopic (exact) mass is 213 g/mol. The van der Waals surface area contributed by atoms with E-state index in [0.717, 1.165) is 6.61 Å². The zero-order valence-corrected chi connectivity index (χ0v) is 10.3. The van der Waals surface area contributed by atoms with Gasteiger partial charge in [-0.1, -0.05) is 45.4 Å². The topological polar surface area (TPSA) is 35.2 Å². The van der Waals surface area contributed by atoms with Gasteiger partial charge in [-0.05, 0) is 19.3 Å². The standard InChI is InChI=1S/C13H27NO/c1-2-3-8-11-15-13(12-14)9-6-4-5-7-10-13/h2-12,14H2,1H3. The third-order valence-corrected chi connectivity index (χ3v) is 3.54. The van der Waals surface area contributed by atoms with Crippen LogP contribution >= 0.6 is 0 Å². The molecule has 1 saturated carbocycles. The molecule has 0 aliphatic heterocycles. The summed E-state index contributed by atoms with van der Waals surface area (Å²) >= 11 is 0. The van der Waals surface area contributed by atoms with Crippen LogP contribution in [0, 0.1) is 0 Å². The third kappa shape index (κ3) is 4.52. The van der Waals surface area contributed by atoms with Gasteiger partial charge in [0.25, 0.3) is 0 Å². The van der Waals surface area contributed by atoms with Gasteiger partial charge in [-0.15, -0.1) is 0 Å². The van der Waals surface area contributed by atoms with Gasteiger partial charge in [0.2, 0.25) is 0 Å². The van der Waals surface area contributed by atoms with Gasteiger partial charge in [0, 0.05) is 13.2 Å². The second-order valence-corrected chi connectivity index (χ2v) is 4.86. The number of ether oxygens (including phenoxy) is 1. The first-order valence-corrected chi connectivity index (χ1v) is 6.67. The van der Waals surface area contributed by atoms with Gasteiger partial charge in [0.1, 0.15) is 0 Å². The highest BCUT2D eigenvalue weighted by atomic mass is 16.5. The fraction of sp³-hybridized carbons (Fsp3) is 1.00. The average molecular weight is 213 g/mol. The Morgan fingerprint density at radius 2 is 1.73 bits per heavy atom. The Bertz CT molecular complexity index is 151. The predicted octanol–water partition coefficient (Wildman–Crippen LogP) is 3.24. The Hall–Kier alpha value is -0.0800. The summed E-state index contributed by atoms with van der Waals surface area (Å²) < 4.78 is 6.08. The van der Waals surface area contributed by atoms with E-state index in [9.17, 15) is 0 Å². The van der Waals surface area contributed by atoms with Crippen molar-refractivity contribution >= 4 is 0 Å². The van der Waals surface area contributed by atoms with Crippen molar-refractivity contribution in [3.05, 3.63) is 0 Å². The molecular weight excluding hydrogens is 186 g/mol. The van der Waals surface area contributed by atoms with Crippen LogP contribution in [0.4, 0.5) is 0 Å². The van der Waals surface area contributed by atoms with E-state index in [-0.39, 0.29) is 5.60 Å². The highest BCUT2D eigenvalue weighted by molar-refractivity contribution is 4.84. The van der Waals surface area contributed by atoms with E-state index in [2.05, 4.69) is 6.92 Å². The molecule has 0 radical (unpaired) electrons. The first-order valence-electron chi connectivity index (χ1n) is 6.67. The lowest BCUT2D eigenvalue weighted by Crippen LogP contribution is -2.40. The van der Waals surface area contributed by atoms with Crippen LogP contribution in [-0.4, -0.2) is 18.8 Å². The van der Waals surface area contributed by atoms with Crippen molar-refractivity contribution < 1.29 is 4.74 Å². The molecule has 1 rings (SSSR count). The summed E-state index contributed by atoms with van der Waals surface area (Å²) in [5, 5.41) is 0. The van der Waals surface area contributed by atoms with Crippen LogP contribution in [0.25, 0.3) is 0 Å². The van der Waals surface area contributed by atoms with E-state index in [4.69, 9.17) is 10.5 Å². The Morgan fingerprint density at radius 3 is 2.27 bits per heavy atom. The minimum Gasteiger partial charge on any atom is -0.374 e. The number of hydrogen-bond donors (Lipinski definition) is 1. The van der Waals surface area contributed by atoms with Crippen LogP contribution in [-0.2, 0) is 4.74 Å². The summed E-state index contributed by atoms with van der Waals surface area (Å²) in [6.07, 6.45) is 11.4. The van der Waals surface area contributed by atoms with Crippen molar-refractivity contribution in [1.82, 2.24) is 0 Å². The van der Waals surface area contributed by atoms with Crippen molar-refractivity contribution in [1.29, 1.82) is 0 Å². The second kappa shape index (κ2) is 7.24. The zero-order chi connectivity index (χ0) is 11.0. The number of nitrogens with two attached hydrogens (primary N) is 1. The lowest BCUT2D eigenvalue weighted by Gasteiger charge is -2.31. The van der Waals surface area contributed by atoms with Crippen molar-refractivity contribution in [2.24, 2.45) is 5.73 Å². The third-order valence-electron chi connectivity index (χ3n) is 3.54. The lowest BCUT2D eigenvalue weighted by atomic mass is 9.94. The second-order valence-electron chi connectivity index (χ2n) is 4.86. The van der Waals surface area contributed by atoms with Crippen molar-refractivity contribution in [2.45, 2.75) is 70.3 Å². The molecule has 0 atom stereocenters. The maximum absolute atomic E-state index is 6.08. The van der Waals surface area contributed by atoms with Crippen molar-refractivity contribution in [3.63, 3.8) is 0 Å². The van der Waals surface area contributed by atoms with Gasteiger partial charge in [0.05, 0.1) is 5.60 Å². The summed E-state index contributed by atoms with van der Waals surface area (Å²) in [6.45, 7) is 3.84. The van der Waals surface area contributed by atoms with Gasteiger partial charge < -0.3 is 10.5 Å². The summed E-state index contributed by atoms with van der Waals surface area (Å²) in [4.78, 5) is 0. The normalized spacial score (nSPS) is 21.2. The van der Waals surface area contributed by atoms with E-state index < -0.39 is 0 Å². The summed E-state index contributed by atoms with van der Waals surface area (Å²) in [5.74, 6) is 0. The molecule has 0 spiro atoms. The molecule has 1 aliphatic rings. The fourth-order valence-electron chi connectivity index (χ4n) is 2.42. The van der Waals surface area contributed by atoms with E-state index in [1.165, 1.54) is 57.8 Å². The SMILES string of the molecule is CCCCCOC1(CN)CCCCCC1. The summed E-state index contributed by atoms with van der Waals surface area (Å²) in [7, 11) is 0. The first kappa shape index (κ1) is 13.0. The van der Waals surface area contributed by atoms with E-state index >= 15 is 0 Å². The molecule has 0 amide bonds. The summed E-state index contributed by atoms with van der Waals surface area (Å²) in [6, 6.07) is 0. The van der Waals surface area contributed by atoms with Crippen LogP contribution in [0.3, 0.4) is 0 Å². The molecule has 0 aromatic carbocycles. The van der Waals surface area contributed by atoms with E-state index in [1.807, 2.05) is 0 Å². The minimum atomic E-state index is 0.0320. The molecule has 0 aromatic rings. The zero-order valence-electron chi connectivity index (χ0n) is 10.3. The molecule has 15 heavy (non-hydrogen) atoms. The van der Waals surface area contributed by atoms with Gasteiger partial charge in [-0.2, -0.15) is 0 Å². The Labute approximate surface area is 94.6 Å². The lowest BCUT2D eigenvalue weighted by molar-refractivity contribution is -0.0506. The molecule has 1 aliphatic carbocycles. The quantitative estimate of drug-likeness (QED) is 0.543. The number of rotatable bonds is 6. The van der Waals surface area contributed by atoms with Crippen LogP contribution < -0.4 is 5.73 Å². The average Bonchev–Trinajstić information content (AvgIpc) is 2.51. The van der Waals surface area contributed by atoms with Gasteiger partial charge in [0.15, 0.2) is 0 Å². The Balaban J connectivity index is 2.29. The number of unbranched alkanes of at least 4 members (excludes halogenated alkanes) is 2. The maximum atomic E-state index is 6.08. The maximum Gasteiger partial charge on any atom is 0.0804 e.